The van der Waals surface area contributed by atoms with Crippen molar-refractivity contribution in [3.8, 4) is 0 Å². The number of ether oxygens (including phenoxy) is 1. The van der Waals surface area contributed by atoms with Crippen molar-refractivity contribution in [2.45, 2.75) is 44.4 Å². The number of hydrogen-bond donors (Lipinski definition) is 1. The van der Waals surface area contributed by atoms with Crippen LogP contribution in [0.2, 0.25) is 0 Å². The number of likely N-dealkylation sites (tertiary alicyclic amines) is 1. The highest BCUT2D eigenvalue weighted by Crippen LogP contribution is 2.53. The van der Waals surface area contributed by atoms with Gasteiger partial charge < -0.3 is 24.5 Å². The van der Waals surface area contributed by atoms with E-state index in [1.807, 2.05) is 56.4 Å². The number of carbonyl (C=O) groups excluding carboxylic acids is 3. The van der Waals surface area contributed by atoms with E-state index in [1.165, 1.54) is 0 Å². The summed E-state index contributed by atoms with van der Waals surface area (Å²) in [5.41, 5.74) is 1.58. The Morgan fingerprint density at radius 2 is 1.77 bits per heavy atom. The van der Waals surface area contributed by atoms with E-state index in [1.54, 1.807) is 21.7 Å². The minimum Gasteiger partial charge on any atom is -0.396 e. The number of aliphatic hydroxyl groups excluding tert-OH is 1. The molecule has 8 heteroatoms. The molecule has 3 amide bonds. The van der Waals surface area contributed by atoms with Gasteiger partial charge in [0.1, 0.15) is 11.6 Å². The second-order valence-electron chi connectivity index (χ2n) is 10.0. The van der Waals surface area contributed by atoms with E-state index < -0.39 is 29.6 Å². The van der Waals surface area contributed by atoms with Gasteiger partial charge in [0, 0.05) is 39.0 Å². The molecule has 186 valence electrons. The SMILES string of the molecule is Cc1cccc(C)c1N1CC=C[C@]23O[C@H]4C=CCN(C)C(=O)[C@H]4[C@H]2C(=O)N(CCCCO)C3C1=O. The summed E-state index contributed by atoms with van der Waals surface area (Å²) in [5.74, 6) is -2.02. The van der Waals surface area contributed by atoms with Gasteiger partial charge in [-0.15, -0.1) is 0 Å². The molecular formula is C27H33N3O5. The maximum absolute atomic E-state index is 14.3. The van der Waals surface area contributed by atoms with Crippen LogP contribution in [0.15, 0.2) is 42.5 Å². The van der Waals surface area contributed by atoms with Crippen LogP contribution >= 0.6 is 0 Å². The number of nitrogens with zero attached hydrogens (tertiary/aromatic N) is 3. The Bertz CT molecular complexity index is 1090. The van der Waals surface area contributed by atoms with Crippen LogP contribution in [0.1, 0.15) is 24.0 Å². The molecule has 2 fully saturated rings. The predicted molar refractivity (Wildman–Crippen MR) is 131 cm³/mol. The fourth-order valence-electron chi connectivity index (χ4n) is 6.33. The number of likely N-dealkylation sites (N-methyl/N-ethyl adjacent to an activating group) is 1. The fraction of sp³-hybridized carbons (Fsp3) is 0.519. The number of anilines is 1. The Kier molecular flexibility index (Phi) is 6.05. The van der Waals surface area contributed by atoms with Crippen molar-refractivity contribution in [3.63, 3.8) is 0 Å². The maximum atomic E-state index is 14.3. The minimum atomic E-state index is -1.22. The highest BCUT2D eigenvalue weighted by Gasteiger charge is 2.71. The van der Waals surface area contributed by atoms with E-state index in [0.29, 0.717) is 32.5 Å². The molecule has 1 N–H and O–H groups in total. The third-order valence-corrected chi connectivity index (χ3v) is 7.88. The molecule has 5 atom stereocenters. The van der Waals surface area contributed by atoms with Gasteiger partial charge in [0.25, 0.3) is 5.91 Å². The van der Waals surface area contributed by atoms with Gasteiger partial charge in [0.2, 0.25) is 11.8 Å². The molecule has 4 aliphatic rings. The molecule has 0 bridgehead atoms. The molecule has 1 unspecified atom stereocenters. The van der Waals surface area contributed by atoms with Crippen LogP contribution in [0.25, 0.3) is 0 Å². The third kappa shape index (κ3) is 3.53. The first kappa shape index (κ1) is 23.8. The quantitative estimate of drug-likeness (QED) is 0.512. The van der Waals surface area contributed by atoms with Gasteiger partial charge in [-0.2, -0.15) is 0 Å². The van der Waals surface area contributed by atoms with E-state index >= 15 is 0 Å². The zero-order valence-corrected chi connectivity index (χ0v) is 20.5. The topological polar surface area (TPSA) is 90.4 Å². The van der Waals surface area contributed by atoms with E-state index in [2.05, 4.69) is 0 Å². The van der Waals surface area contributed by atoms with Crippen molar-refractivity contribution >= 4 is 23.4 Å². The van der Waals surface area contributed by atoms with E-state index in [-0.39, 0.29) is 24.3 Å². The van der Waals surface area contributed by atoms with Crippen molar-refractivity contribution in [1.29, 1.82) is 0 Å². The van der Waals surface area contributed by atoms with Gasteiger partial charge >= 0.3 is 0 Å². The number of rotatable bonds is 5. The Balaban J connectivity index is 1.62. The molecule has 0 aromatic heterocycles. The summed E-state index contributed by atoms with van der Waals surface area (Å²) >= 11 is 0. The van der Waals surface area contributed by atoms with Crippen LogP contribution in [0.4, 0.5) is 5.69 Å². The number of amides is 3. The first-order chi connectivity index (χ1) is 16.8. The molecular weight excluding hydrogens is 446 g/mol. The van der Waals surface area contributed by atoms with Crippen molar-refractivity contribution in [1.82, 2.24) is 9.80 Å². The zero-order valence-electron chi connectivity index (χ0n) is 20.5. The lowest BCUT2D eigenvalue weighted by Gasteiger charge is -2.36. The summed E-state index contributed by atoms with van der Waals surface area (Å²) in [5, 5.41) is 9.32. The van der Waals surface area contributed by atoms with E-state index in [4.69, 9.17) is 4.74 Å². The van der Waals surface area contributed by atoms with Crippen LogP contribution in [0, 0.1) is 25.7 Å². The number of unbranched alkanes of at least 4 members (excludes halogenated alkanes) is 1. The average Bonchev–Trinajstić information content (AvgIpc) is 3.14. The lowest BCUT2D eigenvalue weighted by molar-refractivity contribution is -0.143. The van der Waals surface area contributed by atoms with Gasteiger partial charge in [0.05, 0.1) is 17.9 Å². The molecule has 1 aromatic rings. The molecule has 0 radical (unpaired) electrons. The van der Waals surface area contributed by atoms with Crippen LogP contribution in [-0.2, 0) is 19.1 Å². The standard InChI is InChI=1S/C27H33N3O5/c1-17-9-6-10-18(2)22(17)29-15-8-12-27-21(20-19(35-27)11-7-13-28(3)24(20)32)25(33)30(14-4-5-16-31)23(27)26(29)34/h6-12,19-21,23,31H,4-5,13-16H2,1-3H3/t19-,20+,21-,23?,27-/m0/s1. The largest absolute Gasteiger partial charge is 0.396 e. The number of hydrogen-bond acceptors (Lipinski definition) is 5. The summed E-state index contributed by atoms with van der Waals surface area (Å²) in [4.78, 5) is 46.7. The predicted octanol–water partition coefficient (Wildman–Crippen LogP) is 1.59. The Morgan fingerprint density at radius 1 is 1.03 bits per heavy atom. The van der Waals surface area contributed by atoms with Crippen LogP contribution in [0.3, 0.4) is 0 Å². The summed E-state index contributed by atoms with van der Waals surface area (Å²) < 4.78 is 6.60. The Hall–Kier alpha value is -2.97. The lowest BCUT2D eigenvalue weighted by Crippen LogP contribution is -2.55. The van der Waals surface area contributed by atoms with Crippen molar-refractivity contribution in [2.24, 2.45) is 11.8 Å². The molecule has 4 aliphatic heterocycles. The molecule has 0 saturated carbocycles. The van der Waals surface area contributed by atoms with Gasteiger partial charge in [-0.05, 0) is 37.8 Å². The highest BCUT2D eigenvalue weighted by atomic mass is 16.5. The second kappa shape index (κ2) is 8.91. The number of carbonyl (C=O) groups is 3. The van der Waals surface area contributed by atoms with Gasteiger partial charge in [-0.3, -0.25) is 14.4 Å². The highest BCUT2D eigenvalue weighted by molar-refractivity contribution is 6.06. The summed E-state index contributed by atoms with van der Waals surface area (Å²) in [6, 6.07) is 5.04. The molecule has 1 aromatic carbocycles. The van der Waals surface area contributed by atoms with E-state index in [9.17, 15) is 19.5 Å². The Morgan fingerprint density at radius 3 is 2.49 bits per heavy atom. The molecule has 8 nitrogen and oxygen atoms in total. The van der Waals surface area contributed by atoms with E-state index in [0.717, 1.165) is 16.8 Å². The lowest BCUT2D eigenvalue weighted by atomic mass is 9.77. The second-order valence-corrected chi connectivity index (χ2v) is 10.0. The zero-order chi connectivity index (χ0) is 24.9. The number of para-hydroxylation sites is 1. The number of fused-ring (bicyclic) bond motifs is 2. The molecule has 5 rings (SSSR count). The first-order valence-corrected chi connectivity index (χ1v) is 12.4. The summed E-state index contributed by atoms with van der Waals surface area (Å²) in [7, 11) is 1.73. The van der Waals surface area contributed by atoms with Gasteiger partial charge in [-0.1, -0.05) is 42.5 Å². The molecule has 2 saturated heterocycles. The molecule has 4 heterocycles. The fourth-order valence-corrected chi connectivity index (χ4v) is 6.33. The molecule has 0 aliphatic carbocycles. The number of aliphatic hydroxyl groups is 1. The monoisotopic (exact) mass is 479 g/mol. The van der Waals surface area contributed by atoms with Crippen LogP contribution in [-0.4, -0.2) is 83.7 Å². The normalized spacial score (nSPS) is 32.0. The van der Waals surface area contributed by atoms with Crippen molar-refractivity contribution in [3.05, 3.63) is 53.6 Å². The van der Waals surface area contributed by atoms with Gasteiger partial charge in [-0.25, -0.2) is 0 Å². The molecule has 1 spiro atoms. The van der Waals surface area contributed by atoms with Crippen molar-refractivity contribution < 1.29 is 24.2 Å². The van der Waals surface area contributed by atoms with Crippen LogP contribution in [0.5, 0.6) is 0 Å². The summed E-state index contributed by atoms with van der Waals surface area (Å²) in [6.07, 6.45) is 8.06. The molecule has 35 heavy (non-hydrogen) atoms. The third-order valence-electron chi connectivity index (χ3n) is 7.88. The minimum absolute atomic E-state index is 0.0128. The van der Waals surface area contributed by atoms with Gasteiger partial charge in [0.15, 0.2) is 0 Å². The number of benzene rings is 1. The maximum Gasteiger partial charge on any atom is 0.253 e. The average molecular weight is 480 g/mol. The van der Waals surface area contributed by atoms with Crippen LogP contribution < -0.4 is 4.90 Å². The smallest absolute Gasteiger partial charge is 0.253 e. The number of aryl methyl sites for hydroxylation is 2. The van der Waals surface area contributed by atoms with Crippen molar-refractivity contribution in [2.75, 3.05) is 38.2 Å². The Labute approximate surface area is 205 Å². The first-order valence-electron chi connectivity index (χ1n) is 12.4. The summed E-state index contributed by atoms with van der Waals surface area (Å²) in [6.45, 7) is 5.11.